The quantitative estimate of drug-likeness (QED) is 0.791. The maximum Gasteiger partial charge on any atom is 0.158 e. The van der Waals surface area contributed by atoms with Crippen LogP contribution in [0.4, 0.5) is 0 Å². The molecule has 3 heteroatoms. The zero-order chi connectivity index (χ0) is 12.5. The van der Waals surface area contributed by atoms with Crippen molar-refractivity contribution in [2.75, 3.05) is 0 Å². The number of aromatic nitrogens is 2. The molecule has 2 aromatic rings. The first kappa shape index (κ1) is 11.7. The Labute approximate surface area is 102 Å². The van der Waals surface area contributed by atoms with E-state index in [0.717, 1.165) is 11.4 Å². The fraction of sp³-hybridized carbons (Fsp3) is 0.357. The average Bonchev–Trinajstić information content (AvgIpc) is 2.64. The summed E-state index contributed by atoms with van der Waals surface area (Å²) in [4.78, 5) is 0. The molecule has 0 saturated heterocycles. The van der Waals surface area contributed by atoms with Gasteiger partial charge in [0.25, 0.3) is 0 Å². The summed E-state index contributed by atoms with van der Waals surface area (Å²) in [5.74, 6) is 0.792. The third-order valence-electron chi connectivity index (χ3n) is 2.35. The van der Waals surface area contributed by atoms with Crippen LogP contribution in [-0.2, 0) is 0 Å². The van der Waals surface area contributed by atoms with Gasteiger partial charge in [-0.3, -0.25) is 0 Å². The Morgan fingerprint density at radius 2 is 1.88 bits per heavy atom. The molecule has 17 heavy (non-hydrogen) atoms. The molecule has 90 valence electrons. The molecule has 1 aromatic heterocycles. The predicted octanol–water partition coefficient (Wildman–Crippen LogP) is 3.36. The lowest BCUT2D eigenvalue weighted by molar-refractivity contribution is 0.131. The topological polar surface area (TPSA) is 27.1 Å². The van der Waals surface area contributed by atoms with Crippen LogP contribution in [0.25, 0.3) is 5.69 Å². The minimum atomic E-state index is -0.195. The SMILES string of the molecule is Cc1ccccc1-n1cc(OC(C)(C)C)cn1. The van der Waals surface area contributed by atoms with Gasteiger partial charge in [-0.1, -0.05) is 18.2 Å². The van der Waals surface area contributed by atoms with E-state index in [1.165, 1.54) is 5.56 Å². The third kappa shape index (κ3) is 2.87. The number of para-hydroxylation sites is 1. The summed E-state index contributed by atoms with van der Waals surface area (Å²) in [6.45, 7) is 8.15. The van der Waals surface area contributed by atoms with Crippen molar-refractivity contribution in [2.24, 2.45) is 0 Å². The minimum Gasteiger partial charge on any atom is -0.485 e. The van der Waals surface area contributed by atoms with Crippen molar-refractivity contribution in [3.05, 3.63) is 42.2 Å². The van der Waals surface area contributed by atoms with Crippen LogP contribution in [0, 0.1) is 6.92 Å². The van der Waals surface area contributed by atoms with Gasteiger partial charge in [-0.25, -0.2) is 4.68 Å². The lowest BCUT2D eigenvalue weighted by Crippen LogP contribution is -2.22. The minimum absolute atomic E-state index is 0.195. The van der Waals surface area contributed by atoms with Crippen LogP contribution in [-0.4, -0.2) is 15.4 Å². The highest BCUT2D eigenvalue weighted by molar-refractivity contribution is 5.40. The van der Waals surface area contributed by atoms with Crippen LogP contribution < -0.4 is 4.74 Å². The molecule has 0 saturated carbocycles. The van der Waals surface area contributed by atoms with Gasteiger partial charge in [0.05, 0.1) is 18.1 Å². The first-order chi connectivity index (χ1) is 7.96. The molecule has 0 spiro atoms. The first-order valence-corrected chi connectivity index (χ1v) is 5.75. The van der Waals surface area contributed by atoms with Gasteiger partial charge < -0.3 is 4.74 Å². The van der Waals surface area contributed by atoms with Gasteiger partial charge in [-0.15, -0.1) is 0 Å². The first-order valence-electron chi connectivity index (χ1n) is 5.75. The van der Waals surface area contributed by atoms with E-state index in [1.807, 2.05) is 49.8 Å². The van der Waals surface area contributed by atoms with Gasteiger partial charge in [0.15, 0.2) is 5.75 Å². The molecule has 0 aliphatic heterocycles. The molecule has 0 unspecified atom stereocenters. The van der Waals surface area contributed by atoms with Gasteiger partial charge in [0.1, 0.15) is 5.60 Å². The number of hydrogen-bond acceptors (Lipinski definition) is 2. The molecule has 0 aliphatic rings. The monoisotopic (exact) mass is 230 g/mol. The van der Waals surface area contributed by atoms with Crippen molar-refractivity contribution in [3.63, 3.8) is 0 Å². The van der Waals surface area contributed by atoms with E-state index in [-0.39, 0.29) is 5.60 Å². The maximum atomic E-state index is 5.76. The molecule has 0 aliphatic carbocycles. The van der Waals surface area contributed by atoms with Crippen molar-refractivity contribution in [1.82, 2.24) is 9.78 Å². The average molecular weight is 230 g/mol. The van der Waals surface area contributed by atoms with Crippen LogP contribution in [0.3, 0.4) is 0 Å². The van der Waals surface area contributed by atoms with Crippen molar-refractivity contribution in [1.29, 1.82) is 0 Å². The van der Waals surface area contributed by atoms with Crippen molar-refractivity contribution < 1.29 is 4.74 Å². The highest BCUT2D eigenvalue weighted by atomic mass is 16.5. The molecule has 0 fully saturated rings. The normalized spacial score (nSPS) is 11.5. The molecule has 0 N–H and O–H groups in total. The van der Waals surface area contributed by atoms with Crippen LogP contribution in [0.2, 0.25) is 0 Å². The van der Waals surface area contributed by atoms with E-state index in [1.54, 1.807) is 6.20 Å². The largest absolute Gasteiger partial charge is 0.485 e. The Morgan fingerprint density at radius 1 is 1.18 bits per heavy atom. The summed E-state index contributed by atoms with van der Waals surface area (Å²) in [6.07, 6.45) is 3.66. The number of hydrogen-bond donors (Lipinski definition) is 0. The molecule has 0 bridgehead atoms. The lowest BCUT2D eigenvalue weighted by Gasteiger charge is -2.19. The summed E-state index contributed by atoms with van der Waals surface area (Å²) >= 11 is 0. The van der Waals surface area contributed by atoms with E-state index in [9.17, 15) is 0 Å². The molecule has 2 rings (SSSR count). The highest BCUT2D eigenvalue weighted by Gasteiger charge is 2.13. The standard InChI is InChI=1S/C14H18N2O/c1-11-7-5-6-8-13(11)16-10-12(9-15-16)17-14(2,3)4/h5-10H,1-4H3. The Hall–Kier alpha value is -1.77. The van der Waals surface area contributed by atoms with Gasteiger partial charge in [0.2, 0.25) is 0 Å². The molecule has 1 aromatic carbocycles. The van der Waals surface area contributed by atoms with Gasteiger partial charge in [-0.05, 0) is 39.3 Å². The zero-order valence-corrected chi connectivity index (χ0v) is 10.8. The second kappa shape index (κ2) is 4.24. The van der Waals surface area contributed by atoms with Gasteiger partial charge in [-0.2, -0.15) is 5.10 Å². The maximum absolute atomic E-state index is 5.76. The molecular formula is C14H18N2O. The Balaban J connectivity index is 2.28. The molecule has 0 radical (unpaired) electrons. The van der Waals surface area contributed by atoms with Crippen LogP contribution >= 0.6 is 0 Å². The summed E-state index contributed by atoms with van der Waals surface area (Å²) in [5, 5.41) is 4.32. The predicted molar refractivity (Wildman–Crippen MR) is 68.7 cm³/mol. The lowest BCUT2D eigenvalue weighted by atomic mass is 10.2. The molecule has 3 nitrogen and oxygen atoms in total. The van der Waals surface area contributed by atoms with Crippen LogP contribution in [0.5, 0.6) is 5.75 Å². The Bertz CT molecular complexity index is 509. The number of ether oxygens (including phenoxy) is 1. The Kier molecular flexibility index (Phi) is 2.92. The molecular weight excluding hydrogens is 212 g/mol. The smallest absolute Gasteiger partial charge is 0.158 e. The number of rotatable bonds is 2. The van der Waals surface area contributed by atoms with E-state index in [2.05, 4.69) is 18.1 Å². The Morgan fingerprint density at radius 3 is 2.53 bits per heavy atom. The fourth-order valence-electron chi connectivity index (χ4n) is 1.66. The van der Waals surface area contributed by atoms with Gasteiger partial charge in [0, 0.05) is 0 Å². The van der Waals surface area contributed by atoms with E-state index >= 15 is 0 Å². The van der Waals surface area contributed by atoms with E-state index in [0.29, 0.717) is 0 Å². The molecule has 0 atom stereocenters. The summed E-state index contributed by atoms with van der Waals surface area (Å²) < 4.78 is 7.60. The van der Waals surface area contributed by atoms with Crippen molar-refractivity contribution in [2.45, 2.75) is 33.3 Å². The summed E-state index contributed by atoms with van der Waals surface area (Å²) in [5.41, 5.74) is 2.08. The fourth-order valence-corrected chi connectivity index (χ4v) is 1.66. The number of nitrogens with zero attached hydrogens (tertiary/aromatic N) is 2. The second-order valence-electron chi connectivity index (χ2n) is 5.12. The summed E-state index contributed by atoms with van der Waals surface area (Å²) in [7, 11) is 0. The molecule has 1 heterocycles. The van der Waals surface area contributed by atoms with Crippen molar-refractivity contribution >= 4 is 0 Å². The number of aryl methyl sites for hydroxylation is 1. The van der Waals surface area contributed by atoms with E-state index < -0.39 is 0 Å². The summed E-state index contributed by atoms with van der Waals surface area (Å²) in [6, 6.07) is 8.15. The molecule has 0 amide bonds. The highest BCUT2D eigenvalue weighted by Crippen LogP contribution is 2.20. The number of benzene rings is 1. The van der Waals surface area contributed by atoms with Crippen molar-refractivity contribution in [3.8, 4) is 11.4 Å². The zero-order valence-electron chi connectivity index (χ0n) is 10.8. The second-order valence-corrected chi connectivity index (χ2v) is 5.12. The van der Waals surface area contributed by atoms with Gasteiger partial charge >= 0.3 is 0 Å². The van der Waals surface area contributed by atoms with Crippen LogP contribution in [0.15, 0.2) is 36.7 Å². The van der Waals surface area contributed by atoms with Crippen LogP contribution in [0.1, 0.15) is 26.3 Å². The van der Waals surface area contributed by atoms with E-state index in [4.69, 9.17) is 4.74 Å². The third-order valence-corrected chi connectivity index (χ3v) is 2.35.